The third kappa shape index (κ3) is 41.0. The van der Waals surface area contributed by atoms with Gasteiger partial charge in [0.05, 0.1) is 39.9 Å². The summed E-state index contributed by atoms with van der Waals surface area (Å²) in [5.41, 5.74) is 0. The lowest BCUT2D eigenvalue weighted by Crippen LogP contribution is -2.45. The van der Waals surface area contributed by atoms with Gasteiger partial charge in [-0.25, -0.2) is 0 Å². The Hall–Kier alpha value is -1.02. The van der Waals surface area contributed by atoms with E-state index in [1.807, 2.05) is 27.2 Å². The standard InChI is InChI=1S/C46H91N2O6P/c1-6-8-10-12-14-16-18-20-21-22-23-24-25-26-27-28-30-32-34-36-38-40-46(50)47-44(43-54-55(51,52)53-42-41-48(3,4)5)45(49)39-37-35-33-31-29-19-17-15-13-11-9-7-2/h29,31,37,39,44-45,49H,6-28,30,32-36,38,40-43H2,1-5H3,(H-,47,50,51,52)/b31-29+,39-37+/t44-,45+/m0/s1. The minimum absolute atomic E-state index is 0.00435. The van der Waals surface area contributed by atoms with Gasteiger partial charge in [0.2, 0.25) is 5.91 Å². The molecule has 0 aromatic rings. The maximum Gasteiger partial charge on any atom is 0.268 e. The number of likely N-dealkylation sites (N-methyl/N-ethyl adjacent to an activating group) is 1. The van der Waals surface area contributed by atoms with Crippen molar-refractivity contribution in [2.75, 3.05) is 40.9 Å². The van der Waals surface area contributed by atoms with Gasteiger partial charge in [-0.3, -0.25) is 9.36 Å². The molecule has 8 nitrogen and oxygen atoms in total. The highest BCUT2D eigenvalue weighted by Crippen LogP contribution is 2.38. The normalized spacial score (nSPS) is 14.5. The third-order valence-corrected chi connectivity index (χ3v) is 11.4. The molecule has 1 unspecified atom stereocenters. The number of allylic oxidation sites excluding steroid dienone is 3. The number of phosphoric acid groups is 1. The van der Waals surface area contributed by atoms with E-state index in [9.17, 15) is 19.4 Å². The van der Waals surface area contributed by atoms with Crippen LogP contribution in [0.15, 0.2) is 24.3 Å². The summed E-state index contributed by atoms with van der Waals surface area (Å²) in [4.78, 5) is 25.3. The van der Waals surface area contributed by atoms with Crippen LogP contribution in [0.1, 0.15) is 213 Å². The van der Waals surface area contributed by atoms with Crippen LogP contribution >= 0.6 is 7.82 Å². The first kappa shape index (κ1) is 54.0. The fourth-order valence-corrected chi connectivity index (χ4v) is 7.42. The van der Waals surface area contributed by atoms with Gasteiger partial charge in [0.25, 0.3) is 7.82 Å². The van der Waals surface area contributed by atoms with Gasteiger partial charge in [-0.2, -0.15) is 0 Å². The maximum atomic E-state index is 12.8. The summed E-state index contributed by atoms with van der Waals surface area (Å²) >= 11 is 0. The highest BCUT2D eigenvalue weighted by atomic mass is 31.2. The first-order valence-corrected chi connectivity index (χ1v) is 24.7. The fourth-order valence-electron chi connectivity index (χ4n) is 6.70. The van der Waals surface area contributed by atoms with Gasteiger partial charge >= 0.3 is 0 Å². The Morgan fingerprint density at radius 3 is 1.47 bits per heavy atom. The molecule has 0 saturated carbocycles. The first-order valence-electron chi connectivity index (χ1n) is 23.2. The predicted molar refractivity (Wildman–Crippen MR) is 233 cm³/mol. The van der Waals surface area contributed by atoms with E-state index in [1.54, 1.807) is 6.08 Å². The monoisotopic (exact) mass is 799 g/mol. The molecule has 0 radical (unpaired) electrons. The van der Waals surface area contributed by atoms with Crippen molar-refractivity contribution >= 4 is 13.7 Å². The van der Waals surface area contributed by atoms with E-state index in [-0.39, 0.29) is 19.1 Å². The number of hydrogen-bond acceptors (Lipinski definition) is 6. The summed E-state index contributed by atoms with van der Waals surface area (Å²) in [6, 6.07) is -0.897. The van der Waals surface area contributed by atoms with E-state index in [4.69, 9.17) is 9.05 Å². The molecule has 0 fully saturated rings. The van der Waals surface area contributed by atoms with Gasteiger partial charge in [0, 0.05) is 6.42 Å². The van der Waals surface area contributed by atoms with Crippen molar-refractivity contribution in [3.63, 3.8) is 0 Å². The molecule has 0 aliphatic heterocycles. The molecule has 3 atom stereocenters. The summed E-state index contributed by atoms with van der Waals surface area (Å²) < 4.78 is 23.2. The van der Waals surface area contributed by atoms with Crippen molar-refractivity contribution < 1.29 is 32.9 Å². The van der Waals surface area contributed by atoms with Crippen LogP contribution in [0.25, 0.3) is 0 Å². The smallest absolute Gasteiger partial charge is 0.268 e. The minimum atomic E-state index is -4.59. The van der Waals surface area contributed by atoms with E-state index in [0.717, 1.165) is 38.5 Å². The summed E-state index contributed by atoms with van der Waals surface area (Å²) in [6.45, 7) is 4.62. The lowest BCUT2D eigenvalue weighted by Gasteiger charge is -2.29. The van der Waals surface area contributed by atoms with Crippen LogP contribution in [-0.2, 0) is 18.4 Å². The Kier molecular flexibility index (Phi) is 37.8. The maximum absolute atomic E-state index is 12.8. The summed E-state index contributed by atoms with van der Waals surface area (Å²) in [5.74, 6) is -0.205. The SMILES string of the molecule is CCCCCCCC/C=C/CC/C=C/[C@@H](O)[C@H](COP(=O)([O-])OCC[N+](C)(C)C)NC(=O)CCCCCCCCCCCCCCCCCCCCCCC. The Bertz CT molecular complexity index is 953. The summed E-state index contributed by atoms with van der Waals surface area (Å²) in [6.07, 6.45) is 45.2. The molecule has 2 N–H and O–H groups in total. The van der Waals surface area contributed by atoms with Crippen molar-refractivity contribution in [2.45, 2.75) is 225 Å². The van der Waals surface area contributed by atoms with E-state index in [2.05, 4.69) is 31.3 Å². The lowest BCUT2D eigenvalue weighted by atomic mass is 10.0. The number of aliphatic hydroxyl groups excluding tert-OH is 1. The highest BCUT2D eigenvalue weighted by molar-refractivity contribution is 7.45. The van der Waals surface area contributed by atoms with Crippen molar-refractivity contribution in [1.29, 1.82) is 0 Å². The van der Waals surface area contributed by atoms with Gasteiger partial charge < -0.3 is 28.8 Å². The average molecular weight is 799 g/mol. The van der Waals surface area contributed by atoms with E-state index < -0.39 is 20.0 Å². The van der Waals surface area contributed by atoms with Crippen LogP contribution in [0.5, 0.6) is 0 Å². The number of phosphoric ester groups is 1. The minimum Gasteiger partial charge on any atom is -0.756 e. The number of aliphatic hydroxyl groups is 1. The molecule has 0 saturated heterocycles. The molecule has 0 aliphatic rings. The zero-order valence-electron chi connectivity index (χ0n) is 36.9. The largest absolute Gasteiger partial charge is 0.756 e. The molecule has 1 amide bonds. The topological polar surface area (TPSA) is 108 Å². The Labute approximate surface area is 341 Å². The molecular formula is C46H91N2O6P. The number of hydrogen-bond donors (Lipinski definition) is 2. The number of amides is 1. The molecular weight excluding hydrogens is 707 g/mol. The first-order chi connectivity index (χ1) is 26.5. The summed E-state index contributed by atoms with van der Waals surface area (Å²) in [7, 11) is 1.25. The van der Waals surface area contributed by atoms with Crippen LogP contribution in [0.3, 0.4) is 0 Å². The number of quaternary nitrogens is 1. The molecule has 9 heteroatoms. The number of nitrogens with zero attached hydrogens (tertiary/aromatic N) is 1. The number of rotatable bonds is 42. The van der Waals surface area contributed by atoms with Crippen LogP contribution in [0.4, 0.5) is 0 Å². The Morgan fingerprint density at radius 1 is 0.618 bits per heavy atom. The van der Waals surface area contributed by atoms with Crippen LogP contribution in [0, 0.1) is 0 Å². The second-order valence-electron chi connectivity index (χ2n) is 17.1. The van der Waals surface area contributed by atoms with Crippen molar-refractivity contribution in [1.82, 2.24) is 5.32 Å². The molecule has 0 aromatic heterocycles. The third-order valence-electron chi connectivity index (χ3n) is 10.4. The van der Waals surface area contributed by atoms with Crippen LogP contribution < -0.4 is 10.2 Å². The van der Waals surface area contributed by atoms with Gasteiger partial charge in [-0.1, -0.05) is 199 Å². The number of nitrogens with one attached hydrogen (secondary N) is 1. The Balaban J connectivity index is 4.30. The second-order valence-corrected chi connectivity index (χ2v) is 18.5. The Morgan fingerprint density at radius 2 is 1.02 bits per heavy atom. The van der Waals surface area contributed by atoms with E-state index in [1.165, 1.54) is 154 Å². The molecule has 0 rings (SSSR count). The molecule has 0 aliphatic carbocycles. The van der Waals surface area contributed by atoms with E-state index in [0.29, 0.717) is 17.4 Å². The number of carbonyl (C=O) groups excluding carboxylic acids is 1. The second kappa shape index (κ2) is 38.5. The van der Waals surface area contributed by atoms with Gasteiger partial charge in [-0.15, -0.1) is 0 Å². The predicted octanol–water partition coefficient (Wildman–Crippen LogP) is 12.3. The van der Waals surface area contributed by atoms with Crippen molar-refractivity contribution in [3.8, 4) is 0 Å². The number of unbranched alkanes of at least 4 members (excludes halogenated alkanes) is 27. The van der Waals surface area contributed by atoms with Crippen molar-refractivity contribution in [3.05, 3.63) is 24.3 Å². The quantitative estimate of drug-likeness (QED) is 0.0276. The van der Waals surface area contributed by atoms with Crippen LogP contribution in [0.2, 0.25) is 0 Å². The molecule has 0 heterocycles. The molecule has 55 heavy (non-hydrogen) atoms. The summed E-state index contributed by atoms with van der Waals surface area (Å²) in [5, 5.41) is 13.7. The van der Waals surface area contributed by atoms with Crippen molar-refractivity contribution in [2.24, 2.45) is 0 Å². The molecule has 0 bridgehead atoms. The van der Waals surface area contributed by atoms with Gasteiger partial charge in [0.1, 0.15) is 13.2 Å². The molecule has 326 valence electrons. The molecule has 0 aromatic carbocycles. The van der Waals surface area contributed by atoms with E-state index >= 15 is 0 Å². The zero-order valence-corrected chi connectivity index (χ0v) is 37.8. The average Bonchev–Trinajstić information content (AvgIpc) is 3.13. The van der Waals surface area contributed by atoms with Gasteiger partial charge in [0.15, 0.2) is 0 Å². The highest BCUT2D eigenvalue weighted by Gasteiger charge is 2.23. The fraction of sp³-hybridized carbons (Fsp3) is 0.891. The van der Waals surface area contributed by atoms with Gasteiger partial charge in [-0.05, 0) is 32.1 Å². The van der Waals surface area contributed by atoms with Crippen LogP contribution in [-0.4, -0.2) is 68.5 Å². The number of carbonyl (C=O) groups is 1. The molecule has 0 spiro atoms. The lowest BCUT2D eigenvalue weighted by molar-refractivity contribution is -0.870. The zero-order chi connectivity index (χ0) is 40.7.